The molecule has 1 unspecified atom stereocenters. The first kappa shape index (κ1) is 14.3. The number of carbonyl (C=O) groups excluding carboxylic acids is 1. The van der Waals surface area contributed by atoms with Crippen molar-refractivity contribution in [2.24, 2.45) is 5.92 Å². The van der Waals surface area contributed by atoms with Crippen molar-refractivity contribution in [3.63, 3.8) is 0 Å². The van der Waals surface area contributed by atoms with Crippen LogP contribution in [0.2, 0.25) is 0 Å². The number of rotatable bonds is 1. The van der Waals surface area contributed by atoms with E-state index in [0.29, 0.717) is 0 Å². The highest BCUT2D eigenvalue weighted by atomic mass is 35.5. The molecule has 1 aliphatic heterocycles. The Morgan fingerprint density at radius 2 is 2.00 bits per heavy atom. The highest BCUT2D eigenvalue weighted by Crippen LogP contribution is 2.40. The number of carbonyl (C=O) groups is 1. The van der Waals surface area contributed by atoms with Crippen LogP contribution in [0.15, 0.2) is 0 Å². The highest BCUT2D eigenvalue weighted by Gasteiger charge is 2.55. The van der Waals surface area contributed by atoms with Gasteiger partial charge in [-0.2, -0.15) is 4.42 Å². The van der Waals surface area contributed by atoms with Crippen LogP contribution in [0.5, 0.6) is 0 Å². The second kappa shape index (κ2) is 4.84. The molecule has 94 valence electrons. The Kier molecular flexibility index (Phi) is 4.32. The van der Waals surface area contributed by atoms with E-state index in [1.807, 2.05) is 0 Å². The van der Waals surface area contributed by atoms with Gasteiger partial charge in [-0.25, -0.2) is 0 Å². The van der Waals surface area contributed by atoms with E-state index >= 15 is 0 Å². The number of amides is 1. The first-order chi connectivity index (χ1) is 7.21. The topological polar surface area (TPSA) is 72.8 Å². The van der Waals surface area contributed by atoms with Crippen molar-refractivity contribution < 1.29 is 15.0 Å². The number of halogens is 3. The quantitative estimate of drug-likeness (QED) is 0.372. The molecule has 1 fully saturated rings. The monoisotopic (exact) mass is 290 g/mol. The molecule has 5 nitrogen and oxygen atoms in total. The molecule has 1 amide bonds. The third-order valence-corrected chi connectivity index (χ3v) is 4.32. The zero-order valence-corrected chi connectivity index (χ0v) is 11.0. The summed E-state index contributed by atoms with van der Waals surface area (Å²) in [6, 6.07) is 0. The van der Waals surface area contributed by atoms with Gasteiger partial charge in [0.15, 0.2) is 0 Å². The molecule has 3 N–H and O–H groups in total. The van der Waals surface area contributed by atoms with Crippen molar-refractivity contribution in [3.8, 4) is 0 Å². The van der Waals surface area contributed by atoms with Gasteiger partial charge < -0.3 is 15.5 Å². The highest BCUT2D eigenvalue weighted by molar-refractivity contribution is 6.32. The van der Waals surface area contributed by atoms with Crippen LogP contribution in [0, 0.1) is 5.92 Å². The largest absolute Gasteiger partial charge is 0.390 e. The van der Waals surface area contributed by atoms with Gasteiger partial charge in [-0.15, -0.1) is 11.6 Å². The van der Waals surface area contributed by atoms with Crippen LogP contribution >= 0.6 is 35.0 Å². The number of nitrogens with one attached hydrogen (secondary N) is 1. The smallest absolute Gasteiger partial charge is 0.219 e. The summed E-state index contributed by atoms with van der Waals surface area (Å²) in [5.41, 5.74) is -0.815. The lowest BCUT2D eigenvalue weighted by atomic mass is 9.93. The maximum Gasteiger partial charge on any atom is 0.219 e. The molecule has 0 aromatic heterocycles. The van der Waals surface area contributed by atoms with Gasteiger partial charge in [0.05, 0.1) is 6.10 Å². The van der Waals surface area contributed by atoms with Gasteiger partial charge in [-0.3, -0.25) is 4.79 Å². The number of nitrogens with zero attached hydrogens (tertiary/aromatic N) is 1. The first-order valence-corrected chi connectivity index (χ1v) is 5.80. The molecule has 8 heteroatoms. The fourth-order valence-electron chi connectivity index (χ4n) is 1.56. The van der Waals surface area contributed by atoms with Crippen LogP contribution in [-0.4, -0.2) is 43.4 Å². The second-order valence-corrected chi connectivity index (χ2v) is 5.22. The summed E-state index contributed by atoms with van der Waals surface area (Å²) in [6.45, 7) is 2.83. The lowest BCUT2D eigenvalue weighted by Crippen LogP contribution is -2.70. The van der Waals surface area contributed by atoms with E-state index in [-0.39, 0.29) is 0 Å². The van der Waals surface area contributed by atoms with Crippen molar-refractivity contribution in [1.82, 2.24) is 9.74 Å². The van der Waals surface area contributed by atoms with Gasteiger partial charge in [-0.05, 0) is 11.8 Å². The first-order valence-electron chi connectivity index (χ1n) is 4.64. The lowest BCUT2D eigenvalue weighted by Gasteiger charge is -2.49. The molecule has 0 radical (unpaired) electrons. The molecule has 1 rings (SSSR count). The Balaban J connectivity index is 3.02. The molecule has 0 aromatic carbocycles. The van der Waals surface area contributed by atoms with Crippen LogP contribution in [0.4, 0.5) is 0 Å². The van der Waals surface area contributed by atoms with E-state index in [9.17, 15) is 15.0 Å². The van der Waals surface area contributed by atoms with E-state index in [2.05, 4.69) is 5.32 Å². The van der Waals surface area contributed by atoms with Gasteiger partial charge >= 0.3 is 0 Å². The summed E-state index contributed by atoms with van der Waals surface area (Å²) < 4.78 is 0.902. The molecule has 1 aliphatic rings. The minimum absolute atomic E-state index is 0.491. The van der Waals surface area contributed by atoms with Gasteiger partial charge in [0.2, 0.25) is 11.0 Å². The molecule has 0 aromatic rings. The zero-order chi connectivity index (χ0) is 12.7. The van der Waals surface area contributed by atoms with Crippen LogP contribution in [0.25, 0.3) is 0 Å². The maximum absolute atomic E-state index is 11.0. The predicted molar refractivity (Wildman–Crippen MR) is 60.9 cm³/mol. The van der Waals surface area contributed by atoms with Crippen LogP contribution in [0.3, 0.4) is 0 Å². The molecular formula is C8H13Cl3N2O3. The normalized spacial score (nSPS) is 45.4. The number of hydrogen-bond donors (Lipinski definition) is 3. The Morgan fingerprint density at radius 1 is 1.50 bits per heavy atom. The Hall–Kier alpha value is 0.220. The van der Waals surface area contributed by atoms with Crippen LogP contribution < -0.4 is 5.32 Å². The van der Waals surface area contributed by atoms with Crippen molar-refractivity contribution >= 4 is 40.9 Å². The number of aliphatic hydroxyl groups excluding tert-OH is 2. The lowest BCUT2D eigenvalue weighted by molar-refractivity contribution is -0.135. The summed E-state index contributed by atoms with van der Waals surface area (Å²) in [5.74, 6) is -0.986. The summed E-state index contributed by atoms with van der Waals surface area (Å²) in [6.07, 6.45) is -2.62. The molecule has 0 spiro atoms. The Bertz CT molecular complexity index is 276. The fourth-order valence-corrected chi connectivity index (χ4v) is 2.60. The predicted octanol–water partition coefficient (Wildman–Crippen LogP) is 0.407. The van der Waals surface area contributed by atoms with E-state index in [4.69, 9.17) is 35.0 Å². The van der Waals surface area contributed by atoms with E-state index in [1.165, 1.54) is 6.92 Å². The van der Waals surface area contributed by atoms with Crippen molar-refractivity contribution in [1.29, 1.82) is 0 Å². The third-order valence-electron chi connectivity index (χ3n) is 2.57. The van der Waals surface area contributed by atoms with Gasteiger partial charge in [0.1, 0.15) is 11.6 Å². The Morgan fingerprint density at radius 3 is 2.44 bits per heavy atom. The van der Waals surface area contributed by atoms with E-state index < -0.39 is 34.7 Å². The average Bonchev–Trinajstić information content (AvgIpc) is 2.21. The van der Waals surface area contributed by atoms with Crippen molar-refractivity contribution in [3.05, 3.63) is 0 Å². The average molecular weight is 292 g/mol. The van der Waals surface area contributed by atoms with E-state index in [0.717, 1.165) is 4.42 Å². The second-order valence-electron chi connectivity index (χ2n) is 3.83. The van der Waals surface area contributed by atoms with Crippen LogP contribution in [0.1, 0.15) is 13.8 Å². The van der Waals surface area contributed by atoms with Crippen LogP contribution in [-0.2, 0) is 4.79 Å². The summed E-state index contributed by atoms with van der Waals surface area (Å²) >= 11 is 17.8. The summed E-state index contributed by atoms with van der Waals surface area (Å²) in [5, 5.41) is 20.0. The fraction of sp³-hybridized carbons (Fsp3) is 0.875. The number of hydrogen-bond acceptors (Lipinski definition) is 4. The standard InChI is InChI=1S/C8H13Cl3N2O3/c1-3-5(15)6(16)8(10,12-4(2)14)13(11)7(3)9/h3,5-7,15-16H,1-2H3,(H,12,14)/t3-,5-,6+,7?,8+/m1/s1. The molecule has 1 saturated heterocycles. The summed E-state index contributed by atoms with van der Waals surface area (Å²) in [7, 11) is 0. The molecule has 0 aliphatic carbocycles. The minimum Gasteiger partial charge on any atom is -0.390 e. The third kappa shape index (κ3) is 2.25. The maximum atomic E-state index is 11.0. The SMILES string of the molecule is CC(=O)N[C@@]1(Cl)[C@@H](O)[C@H](O)[C@@H](C)C(Cl)N1Cl. The molecule has 5 atom stereocenters. The molecule has 16 heavy (non-hydrogen) atoms. The number of alkyl halides is 2. The molecule has 0 saturated carbocycles. The zero-order valence-electron chi connectivity index (χ0n) is 8.69. The van der Waals surface area contributed by atoms with Crippen molar-refractivity contribution in [2.75, 3.05) is 0 Å². The Labute approximate surface area is 108 Å². The summed E-state index contributed by atoms with van der Waals surface area (Å²) in [4.78, 5) is 11.0. The van der Waals surface area contributed by atoms with Crippen molar-refractivity contribution in [2.45, 2.75) is 36.7 Å². The molecule has 1 heterocycles. The van der Waals surface area contributed by atoms with Gasteiger partial charge in [0, 0.05) is 12.8 Å². The van der Waals surface area contributed by atoms with Gasteiger partial charge in [-0.1, -0.05) is 18.5 Å². The minimum atomic E-state index is -1.81. The number of aliphatic hydroxyl groups is 2. The van der Waals surface area contributed by atoms with E-state index in [1.54, 1.807) is 6.92 Å². The number of piperidine rings is 1. The molecule has 0 bridgehead atoms. The molecular weight excluding hydrogens is 278 g/mol. The van der Waals surface area contributed by atoms with Gasteiger partial charge in [0.25, 0.3) is 0 Å².